The van der Waals surface area contributed by atoms with Crippen LogP contribution in [0.15, 0.2) is 12.1 Å². The lowest BCUT2D eigenvalue weighted by Gasteiger charge is -2.10. The van der Waals surface area contributed by atoms with Crippen LogP contribution in [-0.4, -0.2) is 33.6 Å². The van der Waals surface area contributed by atoms with Gasteiger partial charge < -0.3 is 14.8 Å². The molecule has 1 aromatic rings. The smallest absolute Gasteiger partial charge is 0.197 e. The summed E-state index contributed by atoms with van der Waals surface area (Å²) >= 11 is 0. The molecule has 16 heavy (non-hydrogen) atoms. The van der Waals surface area contributed by atoms with Crippen LogP contribution in [0.5, 0.6) is 11.5 Å². The summed E-state index contributed by atoms with van der Waals surface area (Å²) in [6.45, 7) is 0.0758. The summed E-state index contributed by atoms with van der Waals surface area (Å²) in [5.41, 5.74) is -0.00741. The maximum atomic E-state index is 13.8. The molecule has 1 rings (SSSR count). The monoisotopic (exact) mass is 227 g/mol. The average molecular weight is 227 g/mol. The fraction of sp³-hybridized carbons (Fsp3) is 0.364. The third-order valence-electron chi connectivity index (χ3n) is 2.12. The molecule has 0 unspecified atom stereocenters. The lowest BCUT2D eigenvalue weighted by atomic mass is 10.1. The molecule has 0 aliphatic rings. The molecule has 5 heteroatoms. The van der Waals surface area contributed by atoms with Crippen LogP contribution in [0, 0.1) is 5.82 Å². The summed E-state index contributed by atoms with van der Waals surface area (Å²) in [6, 6.07) is 2.89. The number of ether oxygens (including phenoxy) is 2. The summed E-state index contributed by atoms with van der Waals surface area (Å²) in [5, 5.41) is 2.67. The molecule has 0 amide bonds. The van der Waals surface area contributed by atoms with Crippen LogP contribution in [0.1, 0.15) is 10.4 Å². The molecule has 1 N–H and O–H groups in total. The Hall–Kier alpha value is -1.62. The number of methoxy groups -OCH3 is 2. The van der Waals surface area contributed by atoms with Crippen molar-refractivity contribution in [2.45, 2.75) is 0 Å². The van der Waals surface area contributed by atoms with Gasteiger partial charge in [-0.05, 0) is 19.2 Å². The number of ketones is 1. The van der Waals surface area contributed by atoms with Crippen molar-refractivity contribution < 1.29 is 18.7 Å². The SMILES string of the molecule is CNCC(=O)c1ccc(OC)c(OC)c1F. The van der Waals surface area contributed by atoms with E-state index in [0.29, 0.717) is 0 Å². The molecule has 0 atom stereocenters. The number of hydrogen-bond acceptors (Lipinski definition) is 4. The van der Waals surface area contributed by atoms with Gasteiger partial charge in [-0.25, -0.2) is 4.39 Å². The second-order valence-corrected chi connectivity index (χ2v) is 3.12. The fourth-order valence-corrected chi connectivity index (χ4v) is 1.36. The summed E-state index contributed by atoms with van der Waals surface area (Å²) < 4.78 is 23.6. The van der Waals surface area contributed by atoms with Crippen LogP contribution >= 0.6 is 0 Å². The molecule has 0 aliphatic carbocycles. The molecular weight excluding hydrogens is 213 g/mol. The first kappa shape index (κ1) is 12.4. The molecule has 1 aromatic carbocycles. The summed E-state index contributed by atoms with van der Waals surface area (Å²) in [6.07, 6.45) is 0. The maximum Gasteiger partial charge on any atom is 0.197 e. The number of carbonyl (C=O) groups excluding carboxylic acids is 1. The Morgan fingerprint density at radius 1 is 1.38 bits per heavy atom. The summed E-state index contributed by atoms with van der Waals surface area (Å²) in [5.74, 6) is -0.812. The van der Waals surface area contributed by atoms with Gasteiger partial charge in [0.05, 0.1) is 26.3 Å². The molecular formula is C11H14FNO3. The molecule has 0 aliphatic heterocycles. The zero-order chi connectivity index (χ0) is 12.1. The van der Waals surface area contributed by atoms with Crippen molar-refractivity contribution in [2.75, 3.05) is 27.8 Å². The number of hydrogen-bond donors (Lipinski definition) is 1. The molecule has 0 bridgehead atoms. The van der Waals surface area contributed by atoms with E-state index in [1.54, 1.807) is 7.05 Å². The first-order valence-electron chi connectivity index (χ1n) is 4.74. The maximum absolute atomic E-state index is 13.8. The van der Waals surface area contributed by atoms with Crippen molar-refractivity contribution in [3.63, 3.8) is 0 Å². The average Bonchev–Trinajstić information content (AvgIpc) is 2.28. The number of nitrogens with one attached hydrogen (secondary N) is 1. The van der Waals surface area contributed by atoms with Crippen LogP contribution in [-0.2, 0) is 0 Å². The largest absolute Gasteiger partial charge is 0.493 e. The zero-order valence-electron chi connectivity index (χ0n) is 9.46. The summed E-state index contributed by atoms with van der Waals surface area (Å²) in [7, 11) is 4.36. The first-order chi connectivity index (χ1) is 7.65. The summed E-state index contributed by atoms with van der Waals surface area (Å²) in [4.78, 5) is 11.5. The Balaban J connectivity index is 3.18. The normalized spacial score (nSPS) is 10.0. The lowest BCUT2D eigenvalue weighted by molar-refractivity contribution is 0.0989. The minimum atomic E-state index is -0.693. The number of rotatable bonds is 5. The van der Waals surface area contributed by atoms with Crippen LogP contribution < -0.4 is 14.8 Å². The van der Waals surface area contributed by atoms with Crippen molar-refractivity contribution in [3.8, 4) is 11.5 Å². The van der Waals surface area contributed by atoms with Gasteiger partial charge in [-0.15, -0.1) is 0 Å². The van der Waals surface area contributed by atoms with E-state index in [0.717, 1.165) is 0 Å². The van der Waals surface area contributed by atoms with Crippen LogP contribution in [0.25, 0.3) is 0 Å². The Kier molecular flexibility index (Phi) is 4.25. The standard InChI is InChI=1S/C11H14FNO3/c1-13-6-8(14)7-4-5-9(15-2)11(16-3)10(7)12/h4-5,13H,6H2,1-3H3. The van der Waals surface area contributed by atoms with Crippen molar-refractivity contribution >= 4 is 5.78 Å². The van der Waals surface area contributed by atoms with Crippen molar-refractivity contribution in [1.29, 1.82) is 0 Å². The molecule has 0 fully saturated rings. The van der Waals surface area contributed by atoms with E-state index >= 15 is 0 Å². The molecule has 0 heterocycles. The Morgan fingerprint density at radius 2 is 2.06 bits per heavy atom. The van der Waals surface area contributed by atoms with Crippen molar-refractivity contribution in [2.24, 2.45) is 0 Å². The van der Waals surface area contributed by atoms with Gasteiger partial charge in [0.15, 0.2) is 23.1 Å². The first-order valence-corrected chi connectivity index (χ1v) is 4.74. The third kappa shape index (κ3) is 2.30. The van der Waals surface area contributed by atoms with Gasteiger partial charge in [0, 0.05) is 0 Å². The Bertz CT molecular complexity index is 393. The lowest BCUT2D eigenvalue weighted by Crippen LogP contribution is -2.19. The van der Waals surface area contributed by atoms with Gasteiger partial charge in [-0.1, -0.05) is 0 Å². The van der Waals surface area contributed by atoms with E-state index in [1.165, 1.54) is 26.4 Å². The number of likely N-dealkylation sites (N-methyl/N-ethyl adjacent to an activating group) is 1. The Morgan fingerprint density at radius 3 is 2.56 bits per heavy atom. The highest BCUT2D eigenvalue weighted by atomic mass is 19.1. The van der Waals surface area contributed by atoms with Crippen molar-refractivity contribution in [3.05, 3.63) is 23.5 Å². The predicted molar refractivity (Wildman–Crippen MR) is 57.8 cm³/mol. The quantitative estimate of drug-likeness (QED) is 0.769. The van der Waals surface area contributed by atoms with Gasteiger partial charge >= 0.3 is 0 Å². The van der Waals surface area contributed by atoms with Gasteiger partial charge in [0.1, 0.15) is 0 Å². The van der Waals surface area contributed by atoms with Crippen LogP contribution in [0.4, 0.5) is 4.39 Å². The minimum absolute atomic E-state index is 0.00741. The second-order valence-electron chi connectivity index (χ2n) is 3.12. The van der Waals surface area contributed by atoms with E-state index in [4.69, 9.17) is 9.47 Å². The van der Waals surface area contributed by atoms with Gasteiger partial charge in [-0.3, -0.25) is 4.79 Å². The number of Topliss-reactive ketones (excluding diaryl/α,β-unsaturated/α-hetero) is 1. The molecule has 4 nitrogen and oxygen atoms in total. The highest BCUT2D eigenvalue weighted by molar-refractivity contribution is 5.98. The van der Waals surface area contributed by atoms with E-state index in [-0.39, 0.29) is 29.4 Å². The highest BCUT2D eigenvalue weighted by Gasteiger charge is 2.18. The molecule has 0 saturated heterocycles. The van der Waals surface area contributed by atoms with Gasteiger partial charge in [0.25, 0.3) is 0 Å². The number of benzene rings is 1. The van der Waals surface area contributed by atoms with Gasteiger partial charge in [-0.2, -0.15) is 0 Å². The molecule has 0 spiro atoms. The molecule has 0 radical (unpaired) electrons. The second kappa shape index (κ2) is 5.46. The van der Waals surface area contributed by atoms with E-state index in [2.05, 4.69) is 5.32 Å². The predicted octanol–water partition coefficient (Wildman–Crippen LogP) is 1.25. The van der Waals surface area contributed by atoms with E-state index < -0.39 is 5.82 Å². The highest BCUT2D eigenvalue weighted by Crippen LogP contribution is 2.31. The molecule has 88 valence electrons. The van der Waals surface area contributed by atoms with E-state index in [9.17, 15) is 9.18 Å². The minimum Gasteiger partial charge on any atom is -0.493 e. The zero-order valence-corrected chi connectivity index (χ0v) is 9.46. The molecule has 0 aromatic heterocycles. The number of halogens is 1. The fourth-order valence-electron chi connectivity index (χ4n) is 1.36. The Labute approximate surface area is 93.4 Å². The number of carbonyl (C=O) groups is 1. The van der Waals surface area contributed by atoms with Crippen molar-refractivity contribution in [1.82, 2.24) is 5.32 Å². The van der Waals surface area contributed by atoms with E-state index in [1.807, 2.05) is 0 Å². The topological polar surface area (TPSA) is 47.6 Å². The van der Waals surface area contributed by atoms with Gasteiger partial charge in [0.2, 0.25) is 0 Å². The molecule has 0 saturated carbocycles. The third-order valence-corrected chi connectivity index (χ3v) is 2.12. The van der Waals surface area contributed by atoms with Crippen LogP contribution in [0.3, 0.4) is 0 Å². The van der Waals surface area contributed by atoms with Crippen LogP contribution in [0.2, 0.25) is 0 Å².